The van der Waals surface area contributed by atoms with Gasteiger partial charge in [-0.3, -0.25) is 19.1 Å². The first kappa shape index (κ1) is 36.3. The van der Waals surface area contributed by atoms with Gasteiger partial charge in [-0.05, 0) is 6.92 Å². The van der Waals surface area contributed by atoms with Gasteiger partial charge in [0, 0.05) is 0 Å². The average Bonchev–Trinajstić information content (AvgIpc) is 2.91. The number of benzene rings is 2. The fourth-order valence-electron chi connectivity index (χ4n) is 3.53. The molecule has 2 aromatic carbocycles. The van der Waals surface area contributed by atoms with E-state index < -0.39 is 129 Å². The number of carbonyl (C=O) groups excluding carboxylic acids is 2. The van der Waals surface area contributed by atoms with Crippen LogP contribution in [-0.4, -0.2) is 51.4 Å². The summed E-state index contributed by atoms with van der Waals surface area (Å²) >= 11 is 0. The molecule has 0 fully saturated rings. The Hall–Kier alpha value is -3.86. The predicted octanol–water partition coefficient (Wildman–Crippen LogP) is 2.88. The molecule has 0 aliphatic heterocycles. The predicted molar refractivity (Wildman–Crippen MR) is 115 cm³/mol. The number of ether oxygens (including phenoxy) is 1. The Morgan fingerprint density at radius 3 is 1.25 bits per heavy atom. The van der Waals surface area contributed by atoms with Gasteiger partial charge in [0.2, 0.25) is 11.6 Å². The Labute approximate surface area is 234 Å². The number of nitrogens with zero attached hydrogens (tertiary/aromatic N) is 3. The van der Waals surface area contributed by atoms with Crippen LogP contribution in [0, 0.1) is 58.2 Å². The van der Waals surface area contributed by atoms with Crippen molar-refractivity contribution in [3.63, 3.8) is 0 Å². The van der Waals surface area contributed by atoms with Crippen molar-refractivity contribution in [3.05, 3.63) is 58.2 Å². The third-order valence-electron chi connectivity index (χ3n) is 5.33. The maximum Gasteiger partial charge on any atom is 0.471 e. The number of nitrogens with two attached hydrogens (primary N) is 2. The summed E-state index contributed by atoms with van der Waals surface area (Å²) in [6.45, 7) is -2.44. The maximum atomic E-state index is 14.8. The van der Waals surface area contributed by atoms with E-state index >= 15 is 0 Å². The molecule has 1 amide bonds. The van der Waals surface area contributed by atoms with Crippen LogP contribution in [0.4, 0.5) is 68.5 Å². The molecular formula is C19H13F13N5O6P. The highest BCUT2D eigenvalue weighted by atomic mass is 31.2. The highest BCUT2D eigenvalue weighted by Crippen LogP contribution is 2.58. The number of anilines is 2. The number of carbonyl (C=O) groups is 2. The van der Waals surface area contributed by atoms with E-state index in [4.69, 9.17) is 11.7 Å². The summed E-state index contributed by atoms with van der Waals surface area (Å²) in [7, 11) is -7.51. The third-order valence-corrected chi connectivity index (χ3v) is 6.79. The fraction of sp³-hybridized carbons (Fsp3) is 0.263. The number of hydrogen-bond donors (Lipinski definition) is 4. The Balaban J connectivity index is 3.36. The van der Waals surface area contributed by atoms with Crippen molar-refractivity contribution in [1.82, 2.24) is 4.90 Å². The lowest BCUT2D eigenvalue weighted by Gasteiger charge is -2.52. The highest BCUT2D eigenvalue weighted by molar-refractivity contribution is 7.53. The second-order valence-corrected chi connectivity index (χ2v) is 9.60. The molecule has 0 saturated heterocycles. The van der Waals surface area contributed by atoms with Crippen LogP contribution in [0.1, 0.15) is 6.92 Å². The van der Waals surface area contributed by atoms with E-state index in [0.29, 0.717) is 0 Å². The minimum Gasteiger partial charge on any atom is -0.465 e. The van der Waals surface area contributed by atoms with E-state index in [-0.39, 0.29) is 0 Å². The molecule has 0 saturated carbocycles. The van der Waals surface area contributed by atoms with E-state index in [1.54, 1.807) is 0 Å². The van der Waals surface area contributed by atoms with Gasteiger partial charge >= 0.3 is 31.2 Å². The van der Waals surface area contributed by atoms with Crippen molar-refractivity contribution >= 4 is 30.8 Å². The fourth-order valence-corrected chi connectivity index (χ4v) is 4.76. The van der Waals surface area contributed by atoms with E-state index in [9.17, 15) is 81.0 Å². The molecule has 0 aromatic heterocycles. The van der Waals surface area contributed by atoms with Crippen LogP contribution in [0.2, 0.25) is 0 Å². The second-order valence-electron chi connectivity index (χ2n) is 7.92. The summed E-state index contributed by atoms with van der Waals surface area (Å²) in [5.41, 5.74) is -11.4. The van der Waals surface area contributed by atoms with Crippen molar-refractivity contribution in [1.29, 1.82) is 0 Å². The number of alkyl halides is 3. The standard InChI is InChI=1S/C19H13F13N5O6P/c1-2-43-4(38)3-35(17(39)18(30,31)32)19(44(40,41)42,36(33)15-11(26)7(22)5(20)8(23)12(15)27)37(34)16-13(28)9(24)6(21)10(25)14(16)29/h2-3,33-34H2,1H3,(H2,40,41,42). The van der Waals surface area contributed by atoms with Gasteiger partial charge in [-0.1, -0.05) is 0 Å². The summed E-state index contributed by atoms with van der Waals surface area (Å²) in [4.78, 5) is 43.4. The quantitative estimate of drug-likeness (QED) is 0.0452. The summed E-state index contributed by atoms with van der Waals surface area (Å²) in [5.74, 6) is -26.9. The smallest absolute Gasteiger partial charge is 0.465 e. The normalized spacial score (nSPS) is 12.3. The molecule has 0 radical (unpaired) electrons. The van der Waals surface area contributed by atoms with Gasteiger partial charge in [0.15, 0.2) is 46.5 Å². The number of esters is 1. The molecule has 25 heteroatoms. The minimum atomic E-state index is -7.51. The number of halogens is 13. The largest absolute Gasteiger partial charge is 0.471 e. The van der Waals surface area contributed by atoms with Crippen LogP contribution in [0.25, 0.3) is 0 Å². The average molecular weight is 685 g/mol. The molecule has 0 aliphatic rings. The molecule has 0 heterocycles. The zero-order chi connectivity index (χ0) is 34.4. The van der Waals surface area contributed by atoms with Crippen LogP contribution in [0.5, 0.6) is 0 Å². The summed E-state index contributed by atoms with van der Waals surface area (Å²) in [6, 6.07) is 0. The molecule has 44 heavy (non-hydrogen) atoms. The van der Waals surface area contributed by atoms with Crippen LogP contribution >= 0.6 is 7.60 Å². The topological polar surface area (TPSA) is 163 Å². The van der Waals surface area contributed by atoms with Gasteiger partial charge in [-0.15, -0.1) is 0 Å². The van der Waals surface area contributed by atoms with Crippen molar-refractivity contribution in [2.24, 2.45) is 11.7 Å². The summed E-state index contributed by atoms with van der Waals surface area (Å²) in [6.07, 6.45) is -6.51. The first-order chi connectivity index (χ1) is 19.9. The second kappa shape index (κ2) is 12.3. The van der Waals surface area contributed by atoms with Crippen LogP contribution in [0.15, 0.2) is 0 Å². The van der Waals surface area contributed by atoms with E-state index in [1.807, 2.05) is 0 Å². The Kier molecular flexibility index (Phi) is 10.1. The van der Waals surface area contributed by atoms with Gasteiger partial charge in [0.05, 0.1) is 6.61 Å². The number of hydrogen-bond acceptors (Lipinski definition) is 8. The molecule has 246 valence electrons. The van der Waals surface area contributed by atoms with Gasteiger partial charge < -0.3 is 14.5 Å². The SMILES string of the molecule is CCOC(=O)CN(C(=O)C(F)(F)F)C(N(N)c1c(F)c(F)c(F)c(F)c1F)(N(N)c1c(F)c(F)c(F)c(F)c1F)P(=O)(O)O. The monoisotopic (exact) mass is 685 g/mol. The Bertz CT molecular complexity index is 1420. The Morgan fingerprint density at radius 2 is 1.00 bits per heavy atom. The van der Waals surface area contributed by atoms with E-state index in [0.717, 1.165) is 6.92 Å². The highest BCUT2D eigenvalue weighted by Gasteiger charge is 2.67. The van der Waals surface area contributed by atoms with Gasteiger partial charge in [-0.2, -0.15) is 13.2 Å². The van der Waals surface area contributed by atoms with Crippen LogP contribution in [-0.2, 0) is 18.9 Å². The number of rotatable bonds is 9. The molecule has 2 rings (SSSR count). The first-order valence-electron chi connectivity index (χ1n) is 10.6. The molecule has 6 N–H and O–H groups in total. The van der Waals surface area contributed by atoms with Crippen molar-refractivity contribution in [3.8, 4) is 0 Å². The molecule has 0 unspecified atom stereocenters. The molecular weight excluding hydrogens is 672 g/mol. The lowest BCUT2D eigenvalue weighted by molar-refractivity contribution is -0.191. The summed E-state index contributed by atoms with van der Waals surface area (Å²) < 4.78 is 201. The van der Waals surface area contributed by atoms with Gasteiger partial charge in [-0.25, -0.2) is 65.6 Å². The summed E-state index contributed by atoms with van der Waals surface area (Å²) in [5, 5.41) is -3.35. The minimum absolute atomic E-state index is 0.816. The van der Waals surface area contributed by atoms with Crippen LogP contribution < -0.4 is 21.7 Å². The molecule has 0 bridgehead atoms. The lowest BCUT2D eigenvalue weighted by Crippen LogP contribution is -2.77. The maximum absolute atomic E-state index is 14.8. The molecule has 0 aliphatic carbocycles. The van der Waals surface area contributed by atoms with Crippen LogP contribution in [0.3, 0.4) is 0 Å². The van der Waals surface area contributed by atoms with Gasteiger partial charge in [0.25, 0.3) is 0 Å². The van der Waals surface area contributed by atoms with Crippen molar-refractivity contribution < 1.29 is 85.8 Å². The van der Waals surface area contributed by atoms with E-state index in [2.05, 4.69) is 4.74 Å². The van der Waals surface area contributed by atoms with E-state index in [1.165, 1.54) is 0 Å². The first-order valence-corrected chi connectivity index (χ1v) is 12.3. The molecule has 2 aromatic rings. The lowest BCUT2D eigenvalue weighted by atomic mass is 10.2. The number of amides is 1. The van der Waals surface area contributed by atoms with Crippen molar-refractivity contribution in [2.45, 2.75) is 18.6 Å². The van der Waals surface area contributed by atoms with Gasteiger partial charge in [0.1, 0.15) is 17.9 Å². The zero-order valence-electron chi connectivity index (χ0n) is 20.8. The Morgan fingerprint density at radius 1 is 0.705 bits per heavy atom. The third kappa shape index (κ3) is 5.69. The number of hydrazine groups is 2. The van der Waals surface area contributed by atoms with Crippen molar-refractivity contribution in [2.75, 3.05) is 23.2 Å². The molecule has 0 atom stereocenters. The molecule has 11 nitrogen and oxygen atoms in total. The molecule has 0 spiro atoms. The zero-order valence-corrected chi connectivity index (χ0v) is 21.7.